The van der Waals surface area contributed by atoms with Crippen LogP contribution in [-0.4, -0.2) is 12.0 Å². The molecule has 1 aromatic rings. The molecule has 1 aromatic carbocycles. The van der Waals surface area contributed by atoms with Crippen LogP contribution in [0.2, 0.25) is 0 Å². The van der Waals surface area contributed by atoms with E-state index >= 15 is 0 Å². The van der Waals surface area contributed by atoms with Crippen molar-refractivity contribution in [1.82, 2.24) is 0 Å². The molecule has 0 aliphatic heterocycles. The second kappa shape index (κ2) is 3.21. The summed E-state index contributed by atoms with van der Waals surface area (Å²) in [6.45, 7) is 5.35. The molecule has 0 amide bonds. The molecule has 0 aliphatic carbocycles. The van der Waals surface area contributed by atoms with E-state index in [0.717, 1.165) is 0 Å². The number of benzene rings is 1. The Balaban J connectivity index is 3.17. The molecule has 12 heavy (non-hydrogen) atoms. The predicted molar refractivity (Wildman–Crippen MR) is 43.1 cm³/mol. The number of nitrogens with zero attached hydrogens (tertiary/aromatic N) is 1. The number of nitro groups is 1. The van der Waals surface area contributed by atoms with E-state index in [-0.39, 0.29) is 11.3 Å². The highest BCUT2D eigenvalue weighted by atomic mass is 16.6. The summed E-state index contributed by atoms with van der Waals surface area (Å²) in [5.41, 5.74) is 0.00940. The lowest BCUT2D eigenvalue weighted by Gasteiger charge is -2.00. The Bertz CT molecular complexity index is 309. The van der Waals surface area contributed by atoms with E-state index < -0.39 is 4.92 Å². The quantitative estimate of drug-likeness (QED) is 0.494. The molecule has 2 radical (unpaired) electrons. The zero-order valence-corrected chi connectivity index (χ0v) is 6.48. The summed E-state index contributed by atoms with van der Waals surface area (Å²) in [6.07, 6.45) is 0. The highest BCUT2D eigenvalue weighted by Crippen LogP contribution is 2.23. The number of hydrogen-bond acceptors (Lipinski definition) is 3. The van der Waals surface area contributed by atoms with E-state index in [1.807, 2.05) is 0 Å². The highest BCUT2D eigenvalue weighted by Gasteiger charge is 2.10. The van der Waals surface area contributed by atoms with Crippen LogP contribution in [-0.2, 0) is 0 Å². The number of methoxy groups -OCH3 is 1. The molecule has 0 unspecified atom stereocenters. The van der Waals surface area contributed by atoms with Crippen LogP contribution in [0.25, 0.3) is 0 Å². The van der Waals surface area contributed by atoms with Crippen LogP contribution < -0.4 is 4.74 Å². The average Bonchev–Trinajstić information content (AvgIpc) is 2.05. The van der Waals surface area contributed by atoms with Crippen molar-refractivity contribution in [3.8, 4) is 5.75 Å². The lowest BCUT2D eigenvalue weighted by molar-refractivity contribution is -0.385. The fraction of sp³-hybridized carbons (Fsp3) is 0.125. The Kier molecular flexibility index (Phi) is 2.28. The van der Waals surface area contributed by atoms with Gasteiger partial charge in [0.2, 0.25) is 0 Å². The molecule has 0 saturated heterocycles. The maximum atomic E-state index is 10.4. The SMILES string of the molecule is [CH]c1ccc(OC)cc1[N+](=O)[O-]. The van der Waals surface area contributed by atoms with Crippen LogP contribution in [0.4, 0.5) is 5.69 Å². The van der Waals surface area contributed by atoms with Gasteiger partial charge in [-0.25, -0.2) is 0 Å². The van der Waals surface area contributed by atoms with Crippen LogP contribution in [0.1, 0.15) is 5.56 Å². The minimum Gasteiger partial charge on any atom is -0.497 e. The molecule has 0 atom stereocenters. The van der Waals surface area contributed by atoms with Crippen molar-refractivity contribution in [2.45, 2.75) is 0 Å². The summed E-state index contributed by atoms with van der Waals surface area (Å²) in [5, 5.41) is 10.4. The van der Waals surface area contributed by atoms with Gasteiger partial charge >= 0.3 is 0 Å². The third-order valence-electron chi connectivity index (χ3n) is 1.43. The van der Waals surface area contributed by atoms with E-state index in [9.17, 15) is 10.1 Å². The van der Waals surface area contributed by atoms with E-state index in [1.165, 1.54) is 19.2 Å². The predicted octanol–water partition coefficient (Wildman–Crippen LogP) is 1.66. The van der Waals surface area contributed by atoms with E-state index in [2.05, 4.69) is 0 Å². The maximum Gasteiger partial charge on any atom is 0.276 e. The molecule has 0 bridgehead atoms. The summed E-state index contributed by atoms with van der Waals surface area (Å²) in [6, 6.07) is 4.30. The molecular formula is C8H7NO3. The largest absolute Gasteiger partial charge is 0.497 e. The number of rotatable bonds is 2. The summed E-state index contributed by atoms with van der Waals surface area (Å²) in [7, 11) is 1.44. The Hall–Kier alpha value is -1.58. The van der Waals surface area contributed by atoms with Gasteiger partial charge in [0.05, 0.1) is 18.1 Å². The van der Waals surface area contributed by atoms with Crippen LogP contribution in [0.15, 0.2) is 18.2 Å². The van der Waals surface area contributed by atoms with Crippen molar-refractivity contribution >= 4 is 5.69 Å². The van der Waals surface area contributed by atoms with Crippen molar-refractivity contribution in [1.29, 1.82) is 0 Å². The second-order valence-electron chi connectivity index (χ2n) is 2.18. The minimum atomic E-state index is -0.544. The van der Waals surface area contributed by atoms with Gasteiger partial charge in [-0.1, -0.05) is 0 Å². The lowest BCUT2D eigenvalue weighted by Crippen LogP contribution is -1.92. The molecule has 1 rings (SSSR count). The zero-order valence-electron chi connectivity index (χ0n) is 6.48. The molecule has 0 spiro atoms. The zero-order chi connectivity index (χ0) is 9.14. The monoisotopic (exact) mass is 165 g/mol. The molecule has 0 N–H and O–H groups in total. The van der Waals surface area contributed by atoms with Crippen molar-refractivity contribution < 1.29 is 9.66 Å². The maximum absolute atomic E-state index is 10.4. The second-order valence-corrected chi connectivity index (χ2v) is 2.18. The standard InChI is InChI=1S/C8H7NO3/c1-6-3-4-7(12-2)5-8(6)9(10)11/h1,3-5H,2H3. The summed E-state index contributed by atoms with van der Waals surface area (Å²) >= 11 is 0. The smallest absolute Gasteiger partial charge is 0.276 e. The normalized spacial score (nSPS) is 9.50. The van der Waals surface area contributed by atoms with Crippen LogP contribution in [0.3, 0.4) is 0 Å². The number of nitro benzene ring substituents is 1. The van der Waals surface area contributed by atoms with Crippen LogP contribution in [0.5, 0.6) is 5.75 Å². The number of ether oxygens (including phenoxy) is 1. The molecule has 4 heteroatoms. The minimum absolute atomic E-state index is 0.130. The van der Waals surface area contributed by atoms with Crippen LogP contribution >= 0.6 is 0 Å². The van der Waals surface area contributed by atoms with Gasteiger partial charge in [0, 0.05) is 12.5 Å². The van der Waals surface area contributed by atoms with Gasteiger partial charge in [-0.3, -0.25) is 10.1 Å². The van der Waals surface area contributed by atoms with Crippen molar-refractivity contribution in [3.63, 3.8) is 0 Å². The third kappa shape index (κ3) is 1.53. The lowest BCUT2D eigenvalue weighted by atomic mass is 10.2. The molecule has 4 nitrogen and oxygen atoms in total. The molecule has 0 aromatic heterocycles. The first-order chi connectivity index (χ1) is 5.65. The first-order valence-electron chi connectivity index (χ1n) is 3.23. The fourth-order valence-electron chi connectivity index (χ4n) is 0.809. The van der Waals surface area contributed by atoms with Crippen molar-refractivity contribution in [2.75, 3.05) is 7.11 Å². The molecule has 0 saturated carbocycles. The first-order valence-corrected chi connectivity index (χ1v) is 3.23. The molecule has 0 heterocycles. The van der Waals surface area contributed by atoms with Gasteiger partial charge in [0.1, 0.15) is 5.75 Å². The average molecular weight is 165 g/mol. The Morgan fingerprint density at radius 2 is 2.25 bits per heavy atom. The van der Waals surface area contributed by atoms with Gasteiger partial charge in [-0.15, -0.1) is 0 Å². The topological polar surface area (TPSA) is 52.4 Å². The number of hydrogen-bond donors (Lipinski definition) is 0. The first kappa shape index (κ1) is 8.52. The molecular weight excluding hydrogens is 158 g/mol. The Morgan fingerprint density at radius 3 is 2.75 bits per heavy atom. The van der Waals surface area contributed by atoms with E-state index in [1.54, 1.807) is 6.07 Å². The summed E-state index contributed by atoms with van der Waals surface area (Å²) < 4.78 is 4.80. The molecule has 62 valence electrons. The van der Waals surface area contributed by atoms with Gasteiger partial charge in [-0.05, 0) is 12.1 Å². The third-order valence-corrected chi connectivity index (χ3v) is 1.43. The summed E-state index contributed by atoms with van der Waals surface area (Å²) in [5.74, 6) is 0.427. The van der Waals surface area contributed by atoms with E-state index in [0.29, 0.717) is 5.75 Å². The van der Waals surface area contributed by atoms with Gasteiger partial charge < -0.3 is 4.74 Å². The van der Waals surface area contributed by atoms with Gasteiger partial charge in [-0.2, -0.15) is 0 Å². The fourth-order valence-corrected chi connectivity index (χ4v) is 0.809. The van der Waals surface area contributed by atoms with Gasteiger partial charge in [0.25, 0.3) is 5.69 Å². The van der Waals surface area contributed by atoms with Crippen LogP contribution in [0, 0.1) is 17.0 Å². The molecule has 0 fully saturated rings. The van der Waals surface area contributed by atoms with E-state index in [4.69, 9.17) is 11.7 Å². The highest BCUT2D eigenvalue weighted by molar-refractivity contribution is 5.47. The summed E-state index contributed by atoms with van der Waals surface area (Å²) in [4.78, 5) is 9.82. The van der Waals surface area contributed by atoms with Gasteiger partial charge in [0.15, 0.2) is 0 Å². The van der Waals surface area contributed by atoms with Crippen molar-refractivity contribution in [3.05, 3.63) is 40.8 Å². The van der Waals surface area contributed by atoms with Crippen molar-refractivity contribution in [2.24, 2.45) is 0 Å². The Morgan fingerprint density at radius 1 is 1.58 bits per heavy atom. The Labute approximate surface area is 69.9 Å². The molecule has 0 aliphatic rings.